The fourth-order valence-electron chi connectivity index (χ4n) is 1.95. The molecule has 1 atom stereocenters. The quantitative estimate of drug-likeness (QED) is 0.713. The first-order valence-corrected chi connectivity index (χ1v) is 6.21. The van der Waals surface area contributed by atoms with Gasteiger partial charge in [0, 0.05) is 12.0 Å². The van der Waals surface area contributed by atoms with Crippen LogP contribution >= 0.6 is 0 Å². The van der Waals surface area contributed by atoms with Gasteiger partial charge in [-0.25, -0.2) is 4.79 Å². The number of carboxylic acid groups (broad SMARTS) is 1. The topological polar surface area (TPSA) is 109 Å². The number of hydrogen-bond donors (Lipinski definition) is 3. The zero-order chi connectivity index (χ0) is 15.3. The molecule has 2 amide bonds. The number of benzene rings is 1. The van der Waals surface area contributed by atoms with Crippen LogP contribution in [-0.2, 0) is 9.59 Å². The Bertz CT molecular complexity index is 520. The third-order valence-electron chi connectivity index (χ3n) is 2.99. The minimum atomic E-state index is -1.19. The number of carbonyl (C=O) groups excluding carboxylic acids is 2. The Morgan fingerprint density at radius 3 is 2.25 bits per heavy atom. The number of amides is 2. The second-order valence-corrected chi connectivity index (χ2v) is 4.64. The van der Waals surface area contributed by atoms with Gasteiger partial charge < -0.3 is 16.2 Å². The normalized spacial score (nSPS) is 11.7. The second-order valence-electron chi connectivity index (χ2n) is 4.64. The van der Waals surface area contributed by atoms with E-state index in [1.54, 1.807) is 26.0 Å². The summed E-state index contributed by atoms with van der Waals surface area (Å²) >= 11 is 0. The predicted molar refractivity (Wildman–Crippen MR) is 73.2 cm³/mol. The van der Waals surface area contributed by atoms with Gasteiger partial charge in [-0.15, -0.1) is 0 Å². The zero-order valence-corrected chi connectivity index (χ0v) is 11.5. The summed E-state index contributed by atoms with van der Waals surface area (Å²) in [5.41, 5.74) is 6.97. The third kappa shape index (κ3) is 4.08. The lowest BCUT2D eigenvalue weighted by atomic mass is 10.0. The van der Waals surface area contributed by atoms with E-state index in [1.807, 2.05) is 6.07 Å². The molecule has 108 valence electrons. The number of nitrogens with two attached hydrogens (primary N) is 1. The molecule has 20 heavy (non-hydrogen) atoms. The highest BCUT2D eigenvalue weighted by molar-refractivity contribution is 5.99. The highest BCUT2D eigenvalue weighted by Gasteiger charge is 2.22. The Kier molecular flexibility index (Phi) is 5.25. The Hall–Kier alpha value is -2.37. The van der Waals surface area contributed by atoms with Crippen molar-refractivity contribution < 1.29 is 19.5 Å². The molecule has 0 saturated carbocycles. The number of nitrogens with one attached hydrogen (secondary N) is 1. The van der Waals surface area contributed by atoms with E-state index in [-0.39, 0.29) is 12.8 Å². The van der Waals surface area contributed by atoms with Crippen LogP contribution in [0.3, 0.4) is 0 Å². The van der Waals surface area contributed by atoms with Crippen molar-refractivity contribution in [3.63, 3.8) is 0 Å². The van der Waals surface area contributed by atoms with Crippen LogP contribution < -0.4 is 11.1 Å². The molecule has 0 saturated heterocycles. The zero-order valence-electron chi connectivity index (χ0n) is 11.5. The minimum absolute atomic E-state index is 0.0265. The van der Waals surface area contributed by atoms with Crippen LogP contribution in [0.1, 0.15) is 34.3 Å². The van der Waals surface area contributed by atoms with Crippen LogP contribution in [0.15, 0.2) is 18.2 Å². The number of hydrogen-bond acceptors (Lipinski definition) is 3. The highest BCUT2D eigenvalue weighted by atomic mass is 16.4. The van der Waals surface area contributed by atoms with E-state index in [0.29, 0.717) is 5.56 Å². The van der Waals surface area contributed by atoms with E-state index in [0.717, 1.165) is 11.1 Å². The number of primary amides is 1. The number of aryl methyl sites for hydroxylation is 2. The van der Waals surface area contributed by atoms with Gasteiger partial charge in [0.25, 0.3) is 5.91 Å². The fourth-order valence-corrected chi connectivity index (χ4v) is 1.95. The molecule has 0 heterocycles. The van der Waals surface area contributed by atoms with Crippen LogP contribution in [-0.4, -0.2) is 28.9 Å². The van der Waals surface area contributed by atoms with Gasteiger partial charge in [0.1, 0.15) is 6.04 Å². The van der Waals surface area contributed by atoms with Crippen LogP contribution in [0, 0.1) is 13.8 Å². The number of rotatable bonds is 6. The average molecular weight is 278 g/mol. The molecule has 0 aliphatic heterocycles. The molecule has 0 spiro atoms. The maximum atomic E-state index is 12.2. The predicted octanol–water partition coefficient (Wildman–Crippen LogP) is 0.752. The van der Waals surface area contributed by atoms with E-state index in [9.17, 15) is 14.4 Å². The largest absolute Gasteiger partial charge is 0.480 e. The molecule has 6 nitrogen and oxygen atoms in total. The van der Waals surface area contributed by atoms with Crippen molar-refractivity contribution in [2.75, 3.05) is 0 Å². The standard InChI is InChI=1S/C14H18N2O4/c1-8-4-3-5-9(2)12(8)13(18)16-10(14(19)20)6-7-11(15)17/h3-5,10H,6-7H2,1-2H3,(H2,15,17)(H,16,18)(H,19,20)/t10-/m1/s1. The van der Waals surface area contributed by atoms with E-state index >= 15 is 0 Å². The maximum Gasteiger partial charge on any atom is 0.326 e. The van der Waals surface area contributed by atoms with Gasteiger partial charge in [-0.3, -0.25) is 9.59 Å². The number of carbonyl (C=O) groups is 3. The Morgan fingerprint density at radius 1 is 1.25 bits per heavy atom. The monoisotopic (exact) mass is 278 g/mol. The number of aliphatic carboxylic acids is 1. The summed E-state index contributed by atoms with van der Waals surface area (Å²) in [5.74, 6) is -2.25. The highest BCUT2D eigenvalue weighted by Crippen LogP contribution is 2.13. The Balaban J connectivity index is 2.86. The van der Waals surface area contributed by atoms with Gasteiger partial charge in [0.15, 0.2) is 0 Å². The van der Waals surface area contributed by atoms with Gasteiger partial charge in [-0.2, -0.15) is 0 Å². The molecule has 0 fully saturated rings. The molecule has 0 aliphatic rings. The summed E-state index contributed by atoms with van der Waals surface area (Å²) < 4.78 is 0. The summed E-state index contributed by atoms with van der Waals surface area (Å²) in [6.45, 7) is 3.56. The molecule has 0 bridgehead atoms. The smallest absolute Gasteiger partial charge is 0.326 e. The van der Waals surface area contributed by atoms with Crippen molar-refractivity contribution >= 4 is 17.8 Å². The lowest BCUT2D eigenvalue weighted by Crippen LogP contribution is -2.41. The van der Waals surface area contributed by atoms with Crippen molar-refractivity contribution in [2.45, 2.75) is 32.7 Å². The summed E-state index contributed by atoms with van der Waals surface area (Å²) in [4.78, 5) is 33.9. The molecule has 1 rings (SSSR count). The summed E-state index contributed by atoms with van der Waals surface area (Å²) in [6.07, 6.45) is -0.120. The molecule has 1 aromatic rings. The second kappa shape index (κ2) is 6.70. The van der Waals surface area contributed by atoms with Crippen molar-refractivity contribution in [3.05, 3.63) is 34.9 Å². The van der Waals surface area contributed by atoms with Crippen LogP contribution in [0.4, 0.5) is 0 Å². The molecular weight excluding hydrogens is 260 g/mol. The minimum Gasteiger partial charge on any atom is -0.480 e. The molecule has 4 N–H and O–H groups in total. The SMILES string of the molecule is Cc1cccc(C)c1C(=O)N[C@H](CCC(N)=O)C(=O)O. The summed E-state index contributed by atoms with van der Waals surface area (Å²) in [7, 11) is 0. The van der Waals surface area contributed by atoms with Crippen molar-refractivity contribution in [3.8, 4) is 0 Å². The Morgan fingerprint density at radius 2 is 1.80 bits per heavy atom. The first kappa shape index (κ1) is 15.7. The third-order valence-corrected chi connectivity index (χ3v) is 2.99. The molecule has 0 unspecified atom stereocenters. The van der Waals surface area contributed by atoms with Crippen molar-refractivity contribution in [2.24, 2.45) is 5.73 Å². The molecule has 0 aromatic heterocycles. The van der Waals surface area contributed by atoms with E-state index < -0.39 is 23.8 Å². The molecule has 1 aromatic carbocycles. The lowest BCUT2D eigenvalue weighted by molar-refractivity contribution is -0.139. The van der Waals surface area contributed by atoms with Gasteiger partial charge in [0.2, 0.25) is 5.91 Å². The van der Waals surface area contributed by atoms with Gasteiger partial charge in [-0.1, -0.05) is 18.2 Å². The molecule has 0 radical (unpaired) electrons. The van der Waals surface area contributed by atoms with Crippen molar-refractivity contribution in [1.29, 1.82) is 0 Å². The van der Waals surface area contributed by atoms with E-state index in [4.69, 9.17) is 10.8 Å². The average Bonchev–Trinajstić information content (AvgIpc) is 2.33. The molecular formula is C14H18N2O4. The Labute approximate surface area is 117 Å². The van der Waals surface area contributed by atoms with Crippen LogP contribution in [0.25, 0.3) is 0 Å². The van der Waals surface area contributed by atoms with E-state index in [2.05, 4.69) is 5.32 Å². The van der Waals surface area contributed by atoms with Crippen LogP contribution in [0.5, 0.6) is 0 Å². The molecule has 6 heteroatoms. The van der Waals surface area contributed by atoms with Gasteiger partial charge in [-0.05, 0) is 31.4 Å². The fraction of sp³-hybridized carbons (Fsp3) is 0.357. The van der Waals surface area contributed by atoms with Gasteiger partial charge >= 0.3 is 5.97 Å². The summed E-state index contributed by atoms with van der Waals surface area (Å²) in [5, 5.41) is 11.5. The first-order valence-electron chi connectivity index (χ1n) is 6.21. The van der Waals surface area contributed by atoms with Crippen molar-refractivity contribution in [1.82, 2.24) is 5.32 Å². The first-order chi connectivity index (χ1) is 9.32. The lowest BCUT2D eigenvalue weighted by Gasteiger charge is -2.16. The van der Waals surface area contributed by atoms with Gasteiger partial charge in [0.05, 0.1) is 0 Å². The molecule has 0 aliphatic carbocycles. The maximum absolute atomic E-state index is 12.2. The number of carboxylic acids is 1. The van der Waals surface area contributed by atoms with E-state index in [1.165, 1.54) is 0 Å². The van der Waals surface area contributed by atoms with Crippen LogP contribution in [0.2, 0.25) is 0 Å². The summed E-state index contributed by atoms with van der Waals surface area (Å²) in [6, 6.07) is 4.25.